The van der Waals surface area contributed by atoms with Crippen molar-refractivity contribution < 1.29 is 4.52 Å². The SMILES string of the molecule is CN=C(NCCc1nc(-c2cccc(Cl)c2)no1)N1CCC(C)CC1.I. The van der Waals surface area contributed by atoms with E-state index in [0.29, 0.717) is 29.7 Å². The summed E-state index contributed by atoms with van der Waals surface area (Å²) in [6, 6.07) is 7.44. The van der Waals surface area contributed by atoms with E-state index in [1.165, 1.54) is 12.8 Å². The minimum atomic E-state index is 0. The molecule has 8 heteroatoms. The standard InChI is InChI=1S/C18H24ClN5O.HI/c1-13-7-10-24(11-8-13)18(20-2)21-9-6-16-22-17(23-25-16)14-4-3-5-15(19)12-14;/h3-5,12-13H,6-11H2,1-2H3,(H,20,21);1H. The summed E-state index contributed by atoms with van der Waals surface area (Å²) in [7, 11) is 1.82. The minimum absolute atomic E-state index is 0. The number of guanidine groups is 1. The van der Waals surface area contributed by atoms with Crippen molar-refractivity contribution in [2.24, 2.45) is 10.9 Å². The summed E-state index contributed by atoms with van der Waals surface area (Å²) in [5.41, 5.74) is 0.855. The van der Waals surface area contributed by atoms with Gasteiger partial charge in [-0.25, -0.2) is 0 Å². The van der Waals surface area contributed by atoms with E-state index in [9.17, 15) is 0 Å². The van der Waals surface area contributed by atoms with E-state index >= 15 is 0 Å². The first-order chi connectivity index (χ1) is 12.2. The maximum absolute atomic E-state index is 6.00. The van der Waals surface area contributed by atoms with E-state index in [-0.39, 0.29) is 24.0 Å². The number of aliphatic imine (C=N–C) groups is 1. The molecule has 1 fully saturated rings. The number of likely N-dealkylation sites (tertiary alicyclic amines) is 1. The lowest BCUT2D eigenvalue weighted by molar-refractivity contribution is 0.273. The summed E-state index contributed by atoms with van der Waals surface area (Å²) in [6.45, 7) is 5.12. The van der Waals surface area contributed by atoms with Gasteiger partial charge in [0.1, 0.15) is 0 Å². The number of nitrogens with zero attached hydrogens (tertiary/aromatic N) is 4. The Balaban J connectivity index is 0.00000243. The zero-order valence-electron chi connectivity index (χ0n) is 15.1. The average Bonchev–Trinajstić information content (AvgIpc) is 3.09. The molecule has 0 spiro atoms. The predicted molar refractivity (Wildman–Crippen MR) is 115 cm³/mol. The van der Waals surface area contributed by atoms with Crippen LogP contribution in [0, 0.1) is 5.92 Å². The second-order valence-corrected chi connectivity index (χ2v) is 6.85. The molecule has 0 saturated carbocycles. The Morgan fingerprint density at radius 1 is 1.38 bits per heavy atom. The third-order valence-electron chi connectivity index (χ3n) is 4.47. The summed E-state index contributed by atoms with van der Waals surface area (Å²) < 4.78 is 5.34. The molecule has 3 rings (SSSR count). The van der Waals surface area contributed by atoms with Gasteiger partial charge in [-0.2, -0.15) is 4.98 Å². The highest BCUT2D eigenvalue weighted by molar-refractivity contribution is 14.0. The molecule has 0 bridgehead atoms. The molecule has 6 nitrogen and oxygen atoms in total. The third-order valence-corrected chi connectivity index (χ3v) is 4.70. The van der Waals surface area contributed by atoms with E-state index in [1.807, 2.05) is 31.3 Å². The molecule has 1 aromatic heterocycles. The Morgan fingerprint density at radius 2 is 2.15 bits per heavy atom. The van der Waals surface area contributed by atoms with Crippen LogP contribution in [0.15, 0.2) is 33.8 Å². The molecule has 0 aliphatic carbocycles. The van der Waals surface area contributed by atoms with E-state index in [2.05, 4.69) is 32.3 Å². The molecule has 0 atom stereocenters. The van der Waals surface area contributed by atoms with Gasteiger partial charge in [-0.05, 0) is 30.9 Å². The number of hydrogen-bond acceptors (Lipinski definition) is 4. The number of piperidine rings is 1. The van der Waals surface area contributed by atoms with Gasteiger partial charge in [0.25, 0.3) is 0 Å². The molecule has 26 heavy (non-hydrogen) atoms. The van der Waals surface area contributed by atoms with Crippen LogP contribution in [0.3, 0.4) is 0 Å². The van der Waals surface area contributed by atoms with Crippen molar-refractivity contribution >= 4 is 41.5 Å². The summed E-state index contributed by atoms with van der Waals surface area (Å²) in [5, 5.41) is 8.08. The van der Waals surface area contributed by atoms with Crippen molar-refractivity contribution in [1.29, 1.82) is 0 Å². The number of nitrogens with one attached hydrogen (secondary N) is 1. The molecule has 2 heterocycles. The van der Waals surface area contributed by atoms with Crippen LogP contribution in [0.5, 0.6) is 0 Å². The molecule has 1 N–H and O–H groups in total. The van der Waals surface area contributed by atoms with Crippen LogP contribution < -0.4 is 5.32 Å². The predicted octanol–water partition coefficient (Wildman–Crippen LogP) is 3.86. The van der Waals surface area contributed by atoms with Gasteiger partial charge < -0.3 is 14.7 Å². The number of rotatable bonds is 4. The highest BCUT2D eigenvalue weighted by Crippen LogP contribution is 2.20. The van der Waals surface area contributed by atoms with E-state index < -0.39 is 0 Å². The summed E-state index contributed by atoms with van der Waals surface area (Å²) in [6.07, 6.45) is 3.08. The number of benzene rings is 1. The Kier molecular flexibility index (Phi) is 8.15. The first-order valence-electron chi connectivity index (χ1n) is 8.70. The van der Waals surface area contributed by atoms with E-state index in [0.717, 1.165) is 30.5 Å². The minimum Gasteiger partial charge on any atom is -0.356 e. The Labute approximate surface area is 176 Å². The van der Waals surface area contributed by atoms with Gasteiger partial charge >= 0.3 is 0 Å². The Morgan fingerprint density at radius 3 is 2.85 bits per heavy atom. The number of halogens is 2. The maximum Gasteiger partial charge on any atom is 0.228 e. The van der Waals surface area contributed by atoms with Crippen LogP contribution in [0.25, 0.3) is 11.4 Å². The number of aromatic nitrogens is 2. The zero-order valence-corrected chi connectivity index (χ0v) is 18.2. The van der Waals surface area contributed by atoms with Crippen molar-refractivity contribution in [1.82, 2.24) is 20.4 Å². The third kappa shape index (κ3) is 5.57. The quantitative estimate of drug-likeness (QED) is 0.401. The largest absolute Gasteiger partial charge is 0.356 e. The topological polar surface area (TPSA) is 66.5 Å². The van der Waals surface area contributed by atoms with Gasteiger partial charge in [0.2, 0.25) is 11.7 Å². The van der Waals surface area contributed by atoms with Crippen molar-refractivity contribution in [3.8, 4) is 11.4 Å². The van der Waals surface area contributed by atoms with E-state index in [1.54, 1.807) is 0 Å². The lowest BCUT2D eigenvalue weighted by Crippen LogP contribution is -2.45. The molecule has 0 unspecified atom stereocenters. The normalized spacial score (nSPS) is 15.7. The van der Waals surface area contributed by atoms with Gasteiger partial charge in [-0.15, -0.1) is 24.0 Å². The first kappa shape index (κ1) is 21.0. The van der Waals surface area contributed by atoms with Crippen molar-refractivity contribution in [2.45, 2.75) is 26.2 Å². The van der Waals surface area contributed by atoms with Crippen LogP contribution in [-0.2, 0) is 6.42 Å². The molecular weight excluding hydrogens is 465 g/mol. The van der Waals surface area contributed by atoms with Crippen molar-refractivity contribution in [2.75, 3.05) is 26.7 Å². The molecule has 1 saturated heterocycles. The van der Waals surface area contributed by atoms with Crippen LogP contribution in [0.1, 0.15) is 25.7 Å². The zero-order chi connectivity index (χ0) is 17.6. The first-order valence-corrected chi connectivity index (χ1v) is 9.07. The van der Waals surface area contributed by atoms with Crippen molar-refractivity contribution in [3.05, 3.63) is 35.2 Å². The van der Waals surface area contributed by atoms with E-state index in [4.69, 9.17) is 16.1 Å². The lowest BCUT2D eigenvalue weighted by Gasteiger charge is -2.32. The Bertz CT molecular complexity index is 728. The molecule has 1 aromatic carbocycles. The highest BCUT2D eigenvalue weighted by atomic mass is 127. The monoisotopic (exact) mass is 489 g/mol. The molecule has 142 valence electrons. The highest BCUT2D eigenvalue weighted by Gasteiger charge is 2.18. The summed E-state index contributed by atoms with van der Waals surface area (Å²) >= 11 is 6.00. The van der Waals surface area contributed by atoms with Gasteiger partial charge in [0, 0.05) is 43.7 Å². The summed E-state index contributed by atoms with van der Waals surface area (Å²) in [4.78, 5) is 11.1. The molecular formula is C18H25ClIN5O. The molecule has 1 aliphatic rings. The lowest BCUT2D eigenvalue weighted by atomic mass is 10.00. The van der Waals surface area contributed by atoms with Gasteiger partial charge in [-0.1, -0.05) is 35.8 Å². The molecule has 2 aromatic rings. The maximum atomic E-state index is 6.00. The smallest absolute Gasteiger partial charge is 0.228 e. The van der Waals surface area contributed by atoms with Crippen LogP contribution in [0.2, 0.25) is 5.02 Å². The Hall–Kier alpha value is -1.35. The fraction of sp³-hybridized carbons (Fsp3) is 0.500. The molecule has 0 amide bonds. The average molecular weight is 490 g/mol. The van der Waals surface area contributed by atoms with Crippen molar-refractivity contribution in [3.63, 3.8) is 0 Å². The van der Waals surface area contributed by atoms with Crippen LogP contribution in [0.4, 0.5) is 0 Å². The second kappa shape index (κ2) is 10.1. The van der Waals surface area contributed by atoms with Crippen LogP contribution >= 0.6 is 35.6 Å². The fourth-order valence-corrected chi connectivity index (χ4v) is 3.13. The fourth-order valence-electron chi connectivity index (χ4n) is 2.94. The number of hydrogen-bond donors (Lipinski definition) is 1. The van der Waals surface area contributed by atoms with Gasteiger partial charge in [-0.3, -0.25) is 4.99 Å². The van der Waals surface area contributed by atoms with Gasteiger partial charge in [0.15, 0.2) is 5.96 Å². The molecule has 1 aliphatic heterocycles. The summed E-state index contributed by atoms with van der Waals surface area (Å²) in [5.74, 6) is 2.91. The second-order valence-electron chi connectivity index (χ2n) is 6.42. The van der Waals surface area contributed by atoms with Gasteiger partial charge in [0.05, 0.1) is 0 Å². The molecule has 0 radical (unpaired) electrons. The van der Waals surface area contributed by atoms with Crippen LogP contribution in [-0.4, -0.2) is 47.7 Å².